The fraction of sp³-hybridized carbons (Fsp3) is 0.150. The molecule has 1 amide bonds. The Kier molecular flexibility index (Phi) is 4.52. The third-order valence-electron chi connectivity index (χ3n) is 4.67. The summed E-state index contributed by atoms with van der Waals surface area (Å²) >= 11 is 6.43. The fourth-order valence-corrected chi connectivity index (χ4v) is 3.56. The highest BCUT2D eigenvalue weighted by atomic mass is 35.5. The normalized spacial score (nSPS) is 15.8. The fourth-order valence-electron chi connectivity index (χ4n) is 3.32. The van der Waals surface area contributed by atoms with Crippen molar-refractivity contribution >= 4 is 23.5 Å². The Morgan fingerprint density at radius 1 is 1.21 bits per heavy atom. The van der Waals surface area contributed by atoms with E-state index in [-0.39, 0.29) is 0 Å². The largest absolute Gasteiger partial charge is 0.497 e. The monoisotopic (exact) mass is 395 g/mol. The smallest absolute Gasteiger partial charge is 0.248 e. The van der Waals surface area contributed by atoms with Crippen molar-refractivity contribution in [2.45, 2.75) is 13.0 Å². The molecule has 1 aliphatic heterocycles. The van der Waals surface area contributed by atoms with Crippen molar-refractivity contribution < 1.29 is 9.53 Å². The van der Waals surface area contributed by atoms with Gasteiger partial charge in [-0.25, -0.2) is 4.68 Å². The quantitative estimate of drug-likeness (QED) is 0.706. The summed E-state index contributed by atoms with van der Waals surface area (Å²) < 4.78 is 6.84. The van der Waals surface area contributed by atoms with E-state index in [2.05, 4.69) is 15.4 Å². The Morgan fingerprint density at radius 3 is 2.57 bits per heavy atom. The lowest BCUT2D eigenvalue weighted by atomic mass is 9.95. The first-order valence-corrected chi connectivity index (χ1v) is 9.00. The molecule has 28 heavy (non-hydrogen) atoms. The number of nitrogens with one attached hydrogen (secondary N) is 1. The first-order chi connectivity index (χ1) is 13.5. The standard InChI is InChI=1S/C20H18ClN5O2/c1-11-16(18(22)27)17(14-5-3-4-6-15(14)21)26-20(23-11)24-19(25-26)12-7-9-13(28-2)10-8-12/h3-10,17H,1-2H3,(H2,22,27)(H,23,24,25)/t17-/m0/s1. The maximum atomic E-state index is 12.2. The summed E-state index contributed by atoms with van der Waals surface area (Å²) in [7, 11) is 1.61. The van der Waals surface area contributed by atoms with Gasteiger partial charge in [-0.3, -0.25) is 4.79 Å². The summed E-state index contributed by atoms with van der Waals surface area (Å²) in [5.41, 5.74) is 8.25. The zero-order chi connectivity index (χ0) is 19.8. The number of allylic oxidation sites excluding steroid dienone is 1. The van der Waals surface area contributed by atoms with E-state index in [1.165, 1.54) is 0 Å². The average Bonchev–Trinajstić information content (AvgIpc) is 3.11. The van der Waals surface area contributed by atoms with Crippen LogP contribution in [-0.4, -0.2) is 27.8 Å². The molecule has 1 aliphatic rings. The van der Waals surface area contributed by atoms with Gasteiger partial charge in [-0.15, -0.1) is 5.10 Å². The molecule has 4 rings (SSSR count). The number of ether oxygens (including phenoxy) is 1. The van der Waals surface area contributed by atoms with Crippen molar-refractivity contribution in [1.29, 1.82) is 0 Å². The maximum Gasteiger partial charge on any atom is 0.248 e. The number of fused-ring (bicyclic) bond motifs is 1. The molecule has 2 aromatic carbocycles. The first-order valence-electron chi connectivity index (χ1n) is 8.62. The van der Waals surface area contributed by atoms with Crippen LogP contribution in [0.25, 0.3) is 11.4 Å². The first kappa shape index (κ1) is 18.1. The molecule has 1 aromatic heterocycles. The molecule has 8 heteroatoms. The van der Waals surface area contributed by atoms with Crippen molar-refractivity contribution in [2.75, 3.05) is 12.4 Å². The molecule has 0 aliphatic carbocycles. The van der Waals surface area contributed by atoms with E-state index in [1.54, 1.807) is 24.8 Å². The third kappa shape index (κ3) is 2.99. The molecule has 0 fully saturated rings. The zero-order valence-electron chi connectivity index (χ0n) is 15.3. The molecule has 0 unspecified atom stereocenters. The SMILES string of the molecule is COc1ccc(-c2nc3n(n2)[C@@H](c2ccccc2Cl)C(C(N)=O)=C(C)N3)cc1. The molecule has 0 bridgehead atoms. The summed E-state index contributed by atoms with van der Waals surface area (Å²) in [5, 5.41) is 8.29. The highest BCUT2D eigenvalue weighted by Crippen LogP contribution is 2.38. The van der Waals surface area contributed by atoms with Crippen LogP contribution in [-0.2, 0) is 4.79 Å². The number of methoxy groups -OCH3 is 1. The van der Waals surface area contributed by atoms with E-state index in [0.717, 1.165) is 16.9 Å². The van der Waals surface area contributed by atoms with E-state index < -0.39 is 11.9 Å². The summed E-state index contributed by atoms with van der Waals surface area (Å²) in [5.74, 6) is 1.23. The Bertz CT molecular complexity index is 1090. The predicted molar refractivity (Wildman–Crippen MR) is 107 cm³/mol. The number of carbonyl (C=O) groups is 1. The van der Waals surface area contributed by atoms with E-state index in [9.17, 15) is 4.79 Å². The Morgan fingerprint density at radius 2 is 1.93 bits per heavy atom. The van der Waals surface area contributed by atoms with Crippen LogP contribution < -0.4 is 15.8 Å². The summed E-state index contributed by atoms with van der Waals surface area (Å²) in [6.07, 6.45) is 0. The number of rotatable bonds is 4. The zero-order valence-corrected chi connectivity index (χ0v) is 16.1. The third-order valence-corrected chi connectivity index (χ3v) is 5.01. The van der Waals surface area contributed by atoms with Crippen molar-refractivity contribution in [3.8, 4) is 17.1 Å². The van der Waals surface area contributed by atoms with Crippen LogP contribution in [0, 0.1) is 0 Å². The molecular weight excluding hydrogens is 378 g/mol. The van der Waals surface area contributed by atoms with Gasteiger partial charge in [-0.05, 0) is 37.3 Å². The van der Waals surface area contributed by atoms with Gasteiger partial charge in [0.2, 0.25) is 11.9 Å². The lowest BCUT2D eigenvalue weighted by Gasteiger charge is -2.28. The minimum absolute atomic E-state index is 0.395. The van der Waals surface area contributed by atoms with Crippen molar-refractivity contribution in [3.05, 3.63) is 70.4 Å². The van der Waals surface area contributed by atoms with Crippen LogP contribution >= 0.6 is 11.6 Å². The van der Waals surface area contributed by atoms with Gasteiger partial charge >= 0.3 is 0 Å². The molecule has 0 saturated heterocycles. The minimum atomic E-state index is -0.568. The summed E-state index contributed by atoms with van der Waals surface area (Å²) in [4.78, 5) is 16.8. The average molecular weight is 396 g/mol. The summed E-state index contributed by atoms with van der Waals surface area (Å²) in [6.45, 7) is 1.79. The molecule has 1 atom stereocenters. The number of anilines is 1. The lowest BCUT2D eigenvalue weighted by Crippen LogP contribution is -2.32. The van der Waals surface area contributed by atoms with Gasteiger partial charge in [0, 0.05) is 21.8 Å². The number of carbonyl (C=O) groups excluding carboxylic acids is 1. The number of aromatic nitrogens is 3. The van der Waals surface area contributed by atoms with Crippen LogP contribution in [0.4, 0.5) is 5.95 Å². The topological polar surface area (TPSA) is 95.1 Å². The second-order valence-corrected chi connectivity index (χ2v) is 6.79. The molecule has 7 nitrogen and oxygen atoms in total. The second kappa shape index (κ2) is 7.01. The second-order valence-electron chi connectivity index (χ2n) is 6.38. The van der Waals surface area contributed by atoms with E-state index >= 15 is 0 Å². The lowest BCUT2D eigenvalue weighted by molar-refractivity contribution is -0.115. The number of amides is 1. The van der Waals surface area contributed by atoms with Gasteiger partial charge in [0.25, 0.3) is 0 Å². The molecular formula is C20H18ClN5O2. The van der Waals surface area contributed by atoms with Gasteiger partial charge in [0.15, 0.2) is 5.82 Å². The van der Waals surface area contributed by atoms with Gasteiger partial charge < -0.3 is 15.8 Å². The predicted octanol–water partition coefficient (Wildman–Crippen LogP) is 3.38. The molecule has 3 N–H and O–H groups in total. The van der Waals surface area contributed by atoms with Gasteiger partial charge in [-0.1, -0.05) is 29.8 Å². The Hall–Kier alpha value is -3.32. The van der Waals surface area contributed by atoms with E-state index in [1.807, 2.05) is 42.5 Å². The molecule has 3 aromatic rings. The minimum Gasteiger partial charge on any atom is -0.497 e. The van der Waals surface area contributed by atoms with Gasteiger partial charge in [-0.2, -0.15) is 4.98 Å². The molecule has 0 radical (unpaired) electrons. The number of hydrogen-bond donors (Lipinski definition) is 2. The molecule has 2 heterocycles. The number of hydrogen-bond acceptors (Lipinski definition) is 5. The Balaban J connectivity index is 1.86. The van der Waals surface area contributed by atoms with Gasteiger partial charge in [0.05, 0.1) is 12.7 Å². The van der Waals surface area contributed by atoms with Crippen LogP contribution in [0.5, 0.6) is 5.75 Å². The highest BCUT2D eigenvalue weighted by Gasteiger charge is 2.34. The number of nitrogens with two attached hydrogens (primary N) is 1. The molecule has 0 spiro atoms. The van der Waals surface area contributed by atoms with Gasteiger partial charge in [0.1, 0.15) is 11.8 Å². The van der Waals surface area contributed by atoms with Crippen molar-refractivity contribution in [1.82, 2.24) is 14.8 Å². The maximum absolute atomic E-state index is 12.2. The number of benzene rings is 2. The van der Waals surface area contributed by atoms with Crippen LogP contribution in [0.15, 0.2) is 59.8 Å². The van der Waals surface area contributed by atoms with Crippen molar-refractivity contribution in [2.24, 2.45) is 5.73 Å². The summed E-state index contributed by atoms with van der Waals surface area (Å²) in [6, 6.07) is 14.2. The number of halogens is 1. The Labute approximate surface area is 166 Å². The van der Waals surface area contributed by atoms with Crippen LogP contribution in [0.1, 0.15) is 18.5 Å². The molecule has 0 saturated carbocycles. The van der Waals surface area contributed by atoms with Crippen molar-refractivity contribution in [3.63, 3.8) is 0 Å². The number of primary amides is 1. The van der Waals surface area contributed by atoms with Crippen LogP contribution in [0.2, 0.25) is 5.02 Å². The van der Waals surface area contributed by atoms with E-state index in [4.69, 9.17) is 22.1 Å². The van der Waals surface area contributed by atoms with E-state index in [0.29, 0.717) is 28.1 Å². The van der Waals surface area contributed by atoms with Crippen LogP contribution in [0.3, 0.4) is 0 Å². The number of nitrogens with zero attached hydrogens (tertiary/aromatic N) is 3. The molecule has 142 valence electrons. The highest BCUT2D eigenvalue weighted by molar-refractivity contribution is 6.31.